The maximum atomic E-state index is 11.5. The molecule has 0 amide bonds. The molecule has 0 aromatic rings. The molecule has 1 rings (SSSR count). The predicted octanol–water partition coefficient (Wildman–Crippen LogP) is 0.863. The van der Waals surface area contributed by atoms with Crippen LogP contribution in [0.2, 0.25) is 0 Å². The van der Waals surface area contributed by atoms with E-state index in [2.05, 4.69) is 0 Å². The average molecular weight is 171 g/mol. The SMILES string of the molecule is COCC(=O)C1(N)CCCCC1. The second-order valence-corrected chi connectivity index (χ2v) is 3.57. The number of nitrogens with two attached hydrogens (primary N) is 1. The van der Waals surface area contributed by atoms with Gasteiger partial charge < -0.3 is 10.5 Å². The van der Waals surface area contributed by atoms with Crippen molar-refractivity contribution >= 4 is 5.78 Å². The van der Waals surface area contributed by atoms with Crippen LogP contribution < -0.4 is 5.73 Å². The lowest BCUT2D eigenvalue weighted by molar-refractivity contribution is -0.129. The van der Waals surface area contributed by atoms with Crippen molar-refractivity contribution in [2.75, 3.05) is 13.7 Å². The van der Waals surface area contributed by atoms with E-state index >= 15 is 0 Å². The molecule has 1 aliphatic rings. The fraction of sp³-hybridized carbons (Fsp3) is 0.889. The third-order valence-electron chi connectivity index (χ3n) is 2.58. The maximum Gasteiger partial charge on any atom is 0.178 e. The van der Waals surface area contributed by atoms with Crippen molar-refractivity contribution in [2.24, 2.45) is 5.73 Å². The van der Waals surface area contributed by atoms with Crippen molar-refractivity contribution in [2.45, 2.75) is 37.6 Å². The largest absolute Gasteiger partial charge is 0.377 e. The van der Waals surface area contributed by atoms with Gasteiger partial charge in [0, 0.05) is 7.11 Å². The Labute approximate surface area is 73.3 Å². The molecule has 3 heteroatoms. The molecule has 0 atom stereocenters. The van der Waals surface area contributed by atoms with E-state index in [0.717, 1.165) is 25.7 Å². The molecule has 70 valence electrons. The summed E-state index contributed by atoms with van der Waals surface area (Å²) in [6.45, 7) is 0.163. The lowest BCUT2D eigenvalue weighted by Gasteiger charge is -2.31. The first-order valence-corrected chi connectivity index (χ1v) is 4.50. The zero-order valence-corrected chi connectivity index (χ0v) is 7.64. The molecule has 12 heavy (non-hydrogen) atoms. The summed E-state index contributed by atoms with van der Waals surface area (Å²) in [5, 5.41) is 0. The number of carbonyl (C=O) groups excluding carboxylic acids is 1. The van der Waals surface area contributed by atoms with Gasteiger partial charge in [0.25, 0.3) is 0 Å². The molecule has 0 aliphatic heterocycles. The summed E-state index contributed by atoms with van der Waals surface area (Å²) in [6.07, 6.45) is 5.02. The molecule has 0 heterocycles. The summed E-state index contributed by atoms with van der Waals surface area (Å²) in [7, 11) is 1.53. The van der Waals surface area contributed by atoms with E-state index in [9.17, 15) is 4.79 Å². The summed E-state index contributed by atoms with van der Waals surface area (Å²) in [5.74, 6) is 0.0599. The number of ketones is 1. The molecular formula is C9H17NO2. The average Bonchev–Trinajstić information content (AvgIpc) is 2.06. The number of carbonyl (C=O) groups is 1. The van der Waals surface area contributed by atoms with Crippen LogP contribution in [-0.4, -0.2) is 25.0 Å². The highest BCUT2D eigenvalue weighted by Crippen LogP contribution is 2.26. The van der Waals surface area contributed by atoms with Crippen LogP contribution in [-0.2, 0) is 9.53 Å². The van der Waals surface area contributed by atoms with E-state index in [1.54, 1.807) is 0 Å². The van der Waals surface area contributed by atoms with Gasteiger partial charge in [0.15, 0.2) is 5.78 Å². The molecule has 0 aromatic carbocycles. The number of Topliss-reactive ketones (excluding diaryl/α,β-unsaturated/α-hetero) is 1. The van der Waals surface area contributed by atoms with Crippen molar-refractivity contribution in [3.05, 3.63) is 0 Å². The molecule has 1 aliphatic carbocycles. The summed E-state index contributed by atoms with van der Waals surface area (Å²) in [4.78, 5) is 11.5. The van der Waals surface area contributed by atoms with Crippen LogP contribution in [0.1, 0.15) is 32.1 Å². The first-order chi connectivity index (χ1) is 5.69. The highest BCUT2D eigenvalue weighted by atomic mass is 16.5. The Bertz CT molecular complexity index is 162. The van der Waals surface area contributed by atoms with Crippen LogP contribution in [0.25, 0.3) is 0 Å². The Morgan fingerprint density at radius 1 is 1.42 bits per heavy atom. The summed E-state index contributed by atoms with van der Waals surface area (Å²) in [5.41, 5.74) is 5.38. The van der Waals surface area contributed by atoms with Crippen molar-refractivity contribution in [1.82, 2.24) is 0 Å². The second kappa shape index (κ2) is 4.01. The normalized spacial score (nSPS) is 22.2. The van der Waals surface area contributed by atoms with Gasteiger partial charge >= 0.3 is 0 Å². The molecule has 0 aromatic heterocycles. The molecule has 3 nitrogen and oxygen atoms in total. The number of ether oxygens (including phenoxy) is 1. The van der Waals surface area contributed by atoms with Crippen LogP contribution in [0.3, 0.4) is 0 Å². The van der Waals surface area contributed by atoms with E-state index in [0.29, 0.717) is 0 Å². The fourth-order valence-electron chi connectivity index (χ4n) is 1.74. The van der Waals surface area contributed by atoms with Gasteiger partial charge in [-0.05, 0) is 12.8 Å². The first-order valence-electron chi connectivity index (χ1n) is 4.50. The van der Waals surface area contributed by atoms with Crippen LogP contribution in [0, 0.1) is 0 Å². The zero-order valence-electron chi connectivity index (χ0n) is 7.64. The van der Waals surface area contributed by atoms with E-state index in [-0.39, 0.29) is 12.4 Å². The molecule has 1 fully saturated rings. The van der Waals surface area contributed by atoms with E-state index in [1.807, 2.05) is 0 Å². The molecule has 0 unspecified atom stereocenters. The zero-order chi connectivity index (χ0) is 9.03. The van der Waals surface area contributed by atoms with Crippen LogP contribution in [0.4, 0.5) is 0 Å². The Kier molecular flexibility index (Phi) is 3.23. The Morgan fingerprint density at radius 3 is 2.50 bits per heavy atom. The van der Waals surface area contributed by atoms with Gasteiger partial charge in [-0.1, -0.05) is 19.3 Å². The maximum absolute atomic E-state index is 11.5. The summed E-state index contributed by atoms with van der Waals surface area (Å²) < 4.78 is 4.79. The molecule has 0 spiro atoms. The van der Waals surface area contributed by atoms with Crippen molar-refractivity contribution in [1.29, 1.82) is 0 Å². The molecule has 1 saturated carbocycles. The topological polar surface area (TPSA) is 52.3 Å². The van der Waals surface area contributed by atoms with E-state index in [4.69, 9.17) is 10.5 Å². The lowest BCUT2D eigenvalue weighted by Crippen LogP contribution is -2.50. The third kappa shape index (κ3) is 2.05. The van der Waals surface area contributed by atoms with E-state index < -0.39 is 5.54 Å². The summed E-state index contributed by atoms with van der Waals surface area (Å²) >= 11 is 0. The van der Waals surface area contributed by atoms with Gasteiger partial charge in [0.2, 0.25) is 0 Å². The van der Waals surface area contributed by atoms with Gasteiger partial charge in [-0.2, -0.15) is 0 Å². The first kappa shape index (κ1) is 9.68. The highest BCUT2D eigenvalue weighted by molar-refractivity contribution is 5.89. The molecule has 0 saturated heterocycles. The lowest BCUT2D eigenvalue weighted by atomic mass is 9.80. The van der Waals surface area contributed by atoms with Gasteiger partial charge in [-0.3, -0.25) is 4.79 Å². The van der Waals surface area contributed by atoms with Gasteiger partial charge in [0.05, 0.1) is 5.54 Å². The van der Waals surface area contributed by atoms with Crippen LogP contribution in [0.5, 0.6) is 0 Å². The number of methoxy groups -OCH3 is 1. The second-order valence-electron chi connectivity index (χ2n) is 3.57. The van der Waals surface area contributed by atoms with Gasteiger partial charge in [-0.25, -0.2) is 0 Å². The molecule has 2 N–H and O–H groups in total. The minimum Gasteiger partial charge on any atom is -0.377 e. The highest BCUT2D eigenvalue weighted by Gasteiger charge is 2.34. The standard InChI is InChI=1S/C9H17NO2/c1-12-7-8(11)9(10)5-3-2-4-6-9/h2-7,10H2,1H3. The molecular weight excluding hydrogens is 154 g/mol. The van der Waals surface area contributed by atoms with Crippen molar-refractivity contribution in [3.8, 4) is 0 Å². The quantitative estimate of drug-likeness (QED) is 0.685. The van der Waals surface area contributed by atoms with Crippen LogP contribution >= 0.6 is 0 Å². The monoisotopic (exact) mass is 171 g/mol. The molecule has 0 radical (unpaired) electrons. The molecule has 0 bridgehead atoms. The minimum atomic E-state index is -0.575. The number of hydrogen-bond acceptors (Lipinski definition) is 3. The van der Waals surface area contributed by atoms with Gasteiger partial charge in [0.1, 0.15) is 6.61 Å². The van der Waals surface area contributed by atoms with E-state index in [1.165, 1.54) is 13.5 Å². The fourth-order valence-corrected chi connectivity index (χ4v) is 1.74. The van der Waals surface area contributed by atoms with Gasteiger partial charge in [-0.15, -0.1) is 0 Å². The van der Waals surface area contributed by atoms with Crippen molar-refractivity contribution < 1.29 is 9.53 Å². The Hall–Kier alpha value is -0.410. The predicted molar refractivity (Wildman–Crippen MR) is 46.9 cm³/mol. The van der Waals surface area contributed by atoms with Crippen molar-refractivity contribution in [3.63, 3.8) is 0 Å². The number of rotatable bonds is 3. The summed E-state index contributed by atoms with van der Waals surface area (Å²) in [6, 6.07) is 0. The Morgan fingerprint density at radius 2 is 2.00 bits per heavy atom. The third-order valence-corrected chi connectivity index (χ3v) is 2.58. The van der Waals surface area contributed by atoms with Crippen LogP contribution in [0.15, 0.2) is 0 Å². The number of hydrogen-bond donors (Lipinski definition) is 1. The minimum absolute atomic E-state index is 0.0599. The smallest absolute Gasteiger partial charge is 0.178 e. The Balaban J connectivity index is 2.50.